The molecule has 0 atom stereocenters. The van der Waals surface area contributed by atoms with Crippen LogP contribution in [0.5, 0.6) is 11.5 Å². The second-order valence-corrected chi connectivity index (χ2v) is 4.27. The Labute approximate surface area is 114 Å². The molecule has 2 rings (SSSR count). The first-order chi connectivity index (χ1) is 9.49. The number of ether oxygens (including phenoxy) is 1. The van der Waals surface area contributed by atoms with Crippen LogP contribution in [0.2, 0.25) is 0 Å². The number of fused-ring (bicyclic) bond motifs is 1. The van der Waals surface area contributed by atoms with Gasteiger partial charge in [-0.3, -0.25) is 4.79 Å². The van der Waals surface area contributed by atoms with Gasteiger partial charge in [0.2, 0.25) is 0 Å². The maximum Gasteiger partial charge on any atom is 0.340 e. The number of pyridine rings is 1. The van der Waals surface area contributed by atoms with Gasteiger partial charge in [-0.25, -0.2) is 4.79 Å². The molecule has 0 aliphatic rings. The number of H-pyrrole nitrogens is 1. The SMILES string of the molecule is CCOC(=O)c1c(CC)[nH]c(=O)c2c(O)cc(O)cc12. The molecule has 0 fully saturated rings. The number of aryl methyl sites for hydroxylation is 1. The molecule has 6 nitrogen and oxygen atoms in total. The topological polar surface area (TPSA) is 99.6 Å². The Kier molecular flexibility index (Phi) is 3.65. The van der Waals surface area contributed by atoms with Crippen LogP contribution in [0.1, 0.15) is 29.9 Å². The average molecular weight is 277 g/mol. The molecule has 0 saturated heterocycles. The molecule has 0 radical (unpaired) electrons. The fourth-order valence-electron chi connectivity index (χ4n) is 2.17. The van der Waals surface area contributed by atoms with Crippen LogP contribution < -0.4 is 5.56 Å². The van der Waals surface area contributed by atoms with Gasteiger partial charge in [-0.2, -0.15) is 0 Å². The van der Waals surface area contributed by atoms with Crippen LogP contribution in [0.25, 0.3) is 10.8 Å². The summed E-state index contributed by atoms with van der Waals surface area (Å²) in [6.45, 7) is 3.64. The van der Waals surface area contributed by atoms with E-state index in [0.717, 1.165) is 6.07 Å². The number of hydrogen-bond acceptors (Lipinski definition) is 5. The lowest BCUT2D eigenvalue weighted by atomic mass is 10.0. The smallest absolute Gasteiger partial charge is 0.340 e. The van der Waals surface area contributed by atoms with Crippen molar-refractivity contribution in [3.05, 3.63) is 33.7 Å². The van der Waals surface area contributed by atoms with Crippen molar-refractivity contribution < 1.29 is 19.7 Å². The molecule has 0 bridgehead atoms. The largest absolute Gasteiger partial charge is 0.508 e. The van der Waals surface area contributed by atoms with Crippen LogP contribution in [-0.4, -0.2) is 27.8 Å². The van der Waals surface area contributed by atoms with E-state index in [4.69, 9.17) is 4.74 Å². The Morgan fingerprint density at radius 2 is 2.00 bits per heavy atom. The number of aromatic nitrogens is 1. The van der Waals surface area contributed by atoms with E-state index >= 15 is 0 Å². The van der Waals surface area contributed by atoms with Gasteiger partial charge in [0, 0.05) is 17.1 Å². The zero-order chi connectivity index (χ0) is 14.9. The first kappa shape index (κ1) is 13.9. The van der Waals surface area contributed by atoms with Crippen LogP contribution in [0.15, 0.2) is 16.9 Å². The maximum atomic E-state index is 12.1. The van der Waals surface area contributed by atoms with E-state index in [1.54, 1.807) is 13.8 Å². The van der Waals surface area contributed by atoms with Crippen molar-refractivity contribution >= 4 is 16.7 Å². The van der Waals surface area contributed by atoms with E-state index in [2.05, 4.69) is 4.98 Å². The van der Waals surface area contributed by atoms with Crippen LogP contribution in [0.4, 0.5) is 0 Å². The Balaban J connectivity index is 2.92. The first-order valence-electron chi connectivity index (χ1n) is 6.27. The lowest BCUT2D eigenvalue weighted by Gasteiger charge is -2.11. The fraction of sp³-hybridized carbons (Fsp3) is 0.286. The molecule has 20 heavy (non-hydrogen) atoms. The molecule has 0 aliphatic heterocycles. The Morgan fingerprint density at radius 3 is 2.60 bits per heavy atom. The van der Waals surface area contributed by atoms with Crippen LogP contribution in [0, 0.1) is 0 Å². The van der Waals surface area contributed by atoms with E-state index in [-0.39, 0.29) is 34.4 Å². The van der Waals surface area contributed by atoms with E-state index in [1.807, 2.05) is 0 Å². The summed E-state index contributed by atoms with van der Waals surface area (Å²) in [5, 5.41) is 19.5. The van der Waals surface area contributed by atoms with E-state index in [0.29, 0.717) is 12.1 Å². The monoisotopic (exact) mass is 277 g/mol. The summed E-state index contributed by atoms with van der Waals surface area (Å²) in [6.07, 6.45) is 0.412. The highest BCUT2D eigenvalue weighted by atomic mass is 16.5. The Bertz CT molecular complexity index is 732. The van der Waals surface area contributed by atoms with E-state index in [9.17, 15) is 19.8 Å². The highest BCUT2D eigenvalue weighted by molar-refractivity contribution is 6.07. The molecule has 1 aromatic carbocycles. The standard InChI is InChI=1S/C14H15NO5/c1-3-9-11(14(19)20-4-2)8-5-7(16)6-10(17)12(8)13(18)15-9/h5-6,16-17H,3-4H2,1-2H3,(H,15,18). The van der Waals surface area contributed by atoms with Crippen molar-refractivity contribution in [1.29, 1.82) is 0 Å². The molecule has 0 saturated carbocycles. The van der Waals surface area contributed by atoms with Crippen molar-refractivity contribution in [2.24, 2.45) is 0 Å². The number of hydrogen-bond donors (Lipinski definition) is 3. The van der Waals surface area contributed by atoms with Gasteiger partial charge in [0.15, 0.2) is 0 Å². The highest BCUT2D eigenvalue weighted by Gasteiger charge is 2.20. The van der Waals surface area contributed by atoms with Crippen LogP contribution >= 0.6 is 0 Å². The molecule has 1 aromatic heterocycles. The third-order valence-corrected chi connectivity index (χ3v) is 3.00. The van der Waals surface area contributed by atoms with Gasteiger partial charge in [0.05, 0.1) is 17.6 Å². The molecule has 2 aromatic rings. The van der Waals surface area contributed by atoms with Gasteiger partial charge in [-0.05, 0) is 19.4 Å². The van der Waals surface area contributed by atoms with Crippen LogP contribution in [0.3, 0.4) is 0 Å². The van der Waals surface area contributed by atoms with Gasteiger partial charge in [-0.15, -0.1) is 0 Å². The molecule has 0 spiro atoms. The lowest BCUT2D eigenvalue weighted by Crippen LogP contribution is -2.17. The third kappa shape index (κ3) is 2.20. The molecule has 6 heteroatoms. The van der Waals surface area contributed by atoms with Gasteiger partial charge < -0.3 is 19.9 Å². The Morgan fingerprint density at radius 1 is 1.30 bits per heavy atom. The number of nitrogens with one attached hydrogen (secondary N) is 1. The molecule has 106 valence electrons. The number of aromatic hydroxyl groups is 2. The predicted octanol–water partition coefficient (Wildman–Crippen LogP) is 1.68. The number of phenols is 2. The number of rotatable bonds is 3. The number of carbonyl (C=O) groups excluding carboxylic acids is 1. The van der Waals surface area contributed by atoms with E-state index < -0.39 is 11.5 Å². The minimum atomic E-state index is -0.601. The molecule has 3 N–H and O–H groups in total. The zero-order valence-electron chi connectivity index (χ0n) is 11.2. The maximum absolute atomic E-state index is 12.1. The summed E-state index contributed by atoms with van der Waals surface area (Å²) in [5.41, 5.74) is 0.0588. The molecule has 0 amide bonds. The molecule has 0 aliphatic carbocycles. The minimum Gasteiger partial charge on any atom is -0.508 e. The first-order valence-corrected chi connectivity index (χ1v) is 6.27. The van der Waals surface area contributed by atoms with Crippen molar-refractivity contribution in [3.63, 3.8) is 0 Å². The summed E-state index contributed by atoms with van der Waals surface area (Å²) in [7, 11) is 0. The highest BCUT2D eigenvalue weighted by Crippen LogP contribution is 2.30. The average Bonchev–Trinajstić information content (AvgIpc) is 2.37. The summed E-state index contributed by atoms with van der Waals surface area (Å²) in [5.74, 6) is -1.21. The van der Waals surface area contributed by atoms with E-state index in [1.165, 1.54) is 6.07 Å². The normalized spacial score (nSPS) is 10.7. The van der Waals surface area contributed by atoms with Crippen molar-refractivity contribution in [3.8, 4) is 11.5 Å². The zero-order valence-corrected chi connectivity index (χ0v) is 11.2. The fourth-order valence-corrected chi connectivity index (χ4v) is 2.17. The number of esters is 1. The van der Waals surface area contributed by atoms with Crippen molar-refractivity contribution in [1.82, 2.24) is 4.98 Å². The summed E-state index contributed by atoms with van der Waals surface area (Å²) >= 11 is 0. The van der Waals surface area contributed by atoms with Crippen LogP contribution in [-0.2, 0) is 11.2 Å². The Hall–Kier alpha value is -2.50. The second-order valence-electron chi connectivity index (χ2n) is 4.27. The van der Waals surface area contributed by atoms with Gasteiger partial charge in [0.1, 0.15) is 11.5 Å². The molecular weight excluding hydrogens is 262 g/mol. The number of aromatic amines is 1. The number of benzene rings is 1. The van der Waals surface area contributed by atoms with Crippen molar-refractivity contribution in [2.45, 2.75) is 20.3 Å². The molecule has 1 heterocycles. The quantitative estimate of drug-likeness (QED) is 0.741. The lowest BCUT2D eigenvalue weighted by molar-refractivity contribution is 0.0527. The number of phenolic OH excluding ortho intramolecular Hbond substituents is 2. The molecular formula is C14H15NO5. The molecule has 0 unspecified atom stereocenters. The third-order valence-electron chi connectivity index (χ3n) is 3.00. The van der Waals surface area contributed by atoms with Gasteiger partial charge >= 0.3 is 5.97 Å². The van der Waals surface area contributed by atoms with Gasteiger partial charge in [-0.1, -0.05) is 6.92 Å². The summed E-state index contributed by atoms with van der Waals surface area (Å²) < 4.78 is 4.97. The second kappa shape index (κ2) is 5.24. The van der Waals surface area contributed by atoms with Crippen molar-refractivity contribution in [2.75, 3.05) is 6.61 Å². The minimum absolute atomic E-state index is 0.0388. The number of carbonyl (C=O) groups is 1. The summed E-state index contributed by atoms with van der Waals surface area (Å²) in [6, 6.07) is 2.33. The summed E-state index contributed by atoms with van der Waals surface area (Å²) in [4.78, 5) is 26.6. The predicted molar refractivity (Wildman–Crippen MR) is 73.2 cm³/mol. The van der Waals surface area contributed by atoms with Gasteiger partial charge in [0.25, 0.3) is 5.56 Å².